The number of benzene rings is 1. The van der Waals surface area contributed by atoms with Crippen molar-refractivity contribution in [1.82, 2.24) is 15.3 Å². The molecular formula is C20H24N4O. The van der Waals surface area contributed by atoms with Crippen LogP contribution >= 0.6 is 0 Å². The molecule has 130 valence electrons. The van der Waals surface area contributed by atoms with Crippen molar-refractivity contribution in [2.75, 3.05) is 25.0 Å². The van der Waals surface area contributed by atoms with E-state index in [2.05, 4.69) is 22.3 Å². The minimum absolute atomic E-state index is 0.129. The minimum atomic E-state index is 0.129. The van der Waals surface area contributed by atoms with E-state index in [-0.39, 0.29) is 11.8 Å². The number of anilines is 1. The summed E-state index contributed by atoms with van der Waals surface area (Å²) in [6.45, 7) is 1.77. The van der Waals surface area contributed by atoms with Crippen LogP contribution in [0, 0.1) is 5.92 Å². The SMILES string of the molecule is CNC(=O)C1CCN(c2nc(-c3ccccc3)nc3c2CCC3)CC1. The molecule has 0 bridgehead atoms. The number of fused-ring (bicyclic) bond motifs is 1. The van der Waals surface area contributed by atoms with Crippen molar-refractivity contribution in [2.24, 2.45) is 5.92 Å². The lowest BCUT2D eigenvalue weighted by molar-refractivity contribution is -0.125. The van der Waals surface area contributed by atoms with Gasteiger partial charge in [0.05, 0.1) is 0 Å². The lowest BCUT2D eigenvalue weighted by atomic mass is 9.95. The molecule has 2 heterocycles. The summed E-state index contributed by atoms with van der Waals surface area (Å²) in [6.07, 6.45) is 5.04. The van der Waals surface area contributed by atoms with Gasteiger partial charge in [-0.3, -0.25) is 4.79 Å². The van der Waals surface area contributed by atoms with Crippen molar-refractivity contribution >= 4 is 11.7 Å². The Balaban J connectivity index is 1.64. The molecule has 1 aromatic carbocycles. The molecule has 1 aliphatic heterocycles. The Morgan fingerprint density at radius 3 is 2.60 bits per heavy atom. The molecule has 1 saturated heterocycles. The van der Waals surface area contributed by atoms with Gasteiger partial charge < -0.3 is 10.2 Å². The van der Waals surface area contributed by atoms with Crippen LogP contribution in [0.2, 0.25) is 0 Å². The van der Waals surface area contributed by atoms with E-state index < -0.39 is 0 Å². The number of nitrogens with zero attached hydrogens (tertiary/aromatic N) is 3. The number of hydrogen-bond acceptors (Lipinski definition) is 4. The predicted molar refractivity (Wildman–Crippen MR) is 98.5 cm³/mol. The van der Waals surface area contributed by atoms with E-state index in [0.717, 1.165) is 62.4 Å². The Hall–Kier alpha value is -2.43. The maximum Gasteiger partial charge on any atom is 0.222 e. The van der Waals surface area contributed by atoms with Crippen LogP contribution in [-0.2, 0) is 17.6 Å². The van der Waals surface area contributed by atoms with Crippen LogP contribution in [0.3, 0.4) is 0 Å². The van der Waals surface area contributed by atoms with Gasteiger partial charge in [-0.2, -0.15) is 0 Å². The molecule has 1 N–H and O–H groups in total. The van der Waals surface area contributed by atoms with Crippen molar-refractivity contribution in [3.63, 3.8) is 0 Å². The van der Waals surface area contributed by atoms with Gasteiger partial charge in [0.2, 0.25) is 5.91 Å². The van der Waals surface area contributed by atoms with E-state index in [1.54, 1.807) is 7.05 Å². The number of hydrogen-bond donors (Lipinski definition) is 1. The van der Waals surface area contributed by atoms with Crippen LogP contribution < -0.4 is 10.2 Å². The molecule has 0 saturated carbocycles. The number of nitrogens with one attached hydrogen (secondary N) is 1. The largest absolute Gasteiger partial charge is 0.359 e. The average Bonchev–Trinajstić information content (AvgIpc) is 3.16. The number of aromatic nitrogens is 2. The molecule has 5 heteroatoms. The molecule has 0 unspecified atom stereocenters. The van der Waals surface area contributed by atoms with E-state index in [0.29, 0.717) is 0 Å². The summed E-state index contributed by atoms with van der Waals surface area (Å²) in [7, 11) is 1.72. The van der Waals surface area contributed by atoms with Crippen molar-refractivity contribution in [1.29, 1.82) is 0 Å². The zero-order chi connectivity index (χ0) is 17.2. The summed E-state index contributed by atoms with van der Waals surface area (Å²) in [5, 5.41) is 2.78. The van der Waals surface area contributed by atoms with Gasteiger partial charge in [-0.05, 0) is 32.1 Å². The van der Waals surface area contributed by atoms with Crippen LogP contribution in [0.25, 0.3) is 11.4 Å². The van der Waals surface area contributed by atoms with Crippen LogP contribution in [-0.4, -0.2) is 36.0 Å². The van der Waals surface area contributed by atoms with Gasteiger partial charge in [-0.25, -0.2) is 9.97 Å². The summed E-state index contributed by atoms with van der Waals surface area (Å²) >= 11 is 0. The highest BCUT2D eigenvalue weighted by Gasteiger charge is 2.28. The Bertz CT molecular complexity index is 767. The number of piperidine rings is 1. The molecule has 2 aromatic rings. The number of carbonyl (C=O) groups excluding carboxylic acids is 1. The molecule has 0 atom stereocenters. The summed E-state index contributed by atoms with van der Waals surface area (Å²) in [5.41, 5.74) is 3.59. The number of rotatable bonds is 3. The Morgan fingerprint density at radius 1 is 1.12 bits per heavy atom. The lowest BCUT2D eigenvalue weighted by Crippen LogP contribution is -2.40. The molecule has 25 heavy (non-hydrogen) atoms. The Morgan fingerprint density at radius 2 is 1.88 bits per heavy atom. The summed E-state index contributed by atoms with van der Waals surface area (Å²) < 4.78 is 0. The van der Waals surface area contributed by atoms with Crippen molar-refractivity contribution in [3.05, 3.63) is 41.6 Å². The first-order valence-corrected chi connectivity index (χ1v) is 9.18. The highest BCUT2D eigenvalue weighted by molar-refractivity contribution is 5.78. The molecule has 0 radical (unpaired) electrons. The van der Waals surface area contributed by atoms with Gasteiger partial charge in [-0.1, -0.05) is 30.3 Å². The first-order chi connectivity index (χ1) is 12.3. The normalized spacial score (nSPS) is 17.4. The quantitative estimate of drug-likeness (QED) is 0.936. The molecule has 0 spiro atoms. The maximum atomic E-state index is 11.9. The van der Waals surface area contributed by atoms with E-state index in [9.17, 15) is 4.79 Å². The van der Waals surface area contributed by atoms with E-state index >= 15 is 0 Å². The van der Waals surface area contributed by atoms with Gasteiger partial charge >= 0.3 is 0 Å². The highest BCUT2D eigenvalue weighted by atomic mass is 16.1. The number of aryl methyl sites for hydroxylation is 1. The fourth-order valence-electron chi connectivity index (χ4n) is 3.95. The Labute approximate surface area is 148 Å². The molecule has 5 nitrogen and oxygen atoms in total. The van der Waals surface area contributed by atoms with Gasteiger partial charge in [0.15, 0.2) is 5.82 Å². The topological polar surface area (TPSA) is 58.1 Å². The Kier molecular flexibility index (Phi) is 4.38. The molecule has 4 rings (SSSR count). The van der Waals surface area contributed by atoms with E-state index in [1.807, 2.05) is 18.2 Å². The van der Waals surface area contributed by atoms with Crippen molar-refractivity contribution in [2.45, 2.75) is 32.1 Å². The number of amides is 1. The second-order valence-corrected chi connectivity index (χ2v) is 6.89. The third-order valence-electron chi connectivity index (χ3n) is 5.35. The second-order valence-electron chi connectivity index (χ2n) is 6.89. The maximum absolute atomic E-state index is 11.9. The predicted octanol–water partition coefficient (Wildman–Crippen LogP) is 2.59. The van der Waals surface area contributed by atoms with Crippen LogP contribution in [0.4, 0.5) is 5.82 Å². The van der Waals surface area contributed by atoms with E-state index in [4.69, 9.17) is 9.97 Å². The van der Waals surface area contributed by atoms with Gasteiger partial charge in [0.25, 0.3) is 0 Å². The standard InChI is InChI=1S/C20H24N4O/c1-21-20(25)15-10-12-24(13-11-15)19-16-8-5-9-17(16)22-18(23-19)14-6-3-2-4-7-14/h2-4,6-7,15H,5,8-13H2,1H3,(H,21,25). The van der Waals surface area contributed by atoms with Gasteiger partial charge in [-0.15, -0.1) is 0 Å². The zero-order valence-electron chi connectivity index (χ0n) is 14.7. The first-order valence-electron chi connectivity index (χ1n) is 9.18. The lowest BCUT2D eigenvalue weighted by Gasteiger charge is -2.33. The summed E-state index contributed by atoms with van der Waals surface area (Å²) in [5.74, 6) is 2.21. The van der Waals surface area contributed by atoms with Crippen LogP contribution in [0.1, 0.15) is 30.5 Å². The van der Waals surface area contributed by atoms with Gasteiger partial charge in [0, 0.05) is 42.9 Å². The molecular weight excluding hydrogens is 312 g/mol. The average molecular weight is 336 g/mol. The monoisotopic (exact) mass is 336 g/mol. The van der Waals surface area contributed by atoms with Crippen LogP contribution in [0.5, 0.6) is 0 Å². The molecule has 1 aromatic heterocycles. The molecule has 2 aliphatic rings. The van der Waals surface area contributed by atoms with Crippen molar-refractivity contribution in [3.8, 4) is 11.4 Å². The van der Waals surface area contributed by atoms with E-state index in [1.165, 1.54) is 11.3 Å². The zero-order valence-corrected chi connectivity index (χ0v) is 14.7. The number of carbonyl (C=O) groups is 1. The molecule has 1 fully saturated rings. The first kappa shape index (κ1) is 16.1. The fourth-order valence-corrected chi connectivity index (χ4v) is 3.95. The van der Waals surface area contributed by atoms with Crippen molar-refractivity contribution < 1.29 is 4.79 Å². The van der Waals surface area contributed by atoms with Crippen LogP contribution in [0.15, 0.2) is 30.3 Å². The highest BCUT2D eigenvalue weighted by Crippen LogP contribution is 2.33. The summed E-state index contributed by atoms with van der Waals surface area (Å²) in [6, 6.07) is 10.2. The summed E-state index contributed by atoms with van der Waals surface area (Å²) in [4.78, 5) is 24.0. The fraction of sp³-hybridized carbons (Fsp3) is 0.450. The molecule has 1 aliphatic carbocycles. The molecule has 1 amide bonds. The third-order valence-corrected chi connectivity index (χ3v) is 5.35. The third kappa shape index (κ3) is 3.11. The second kappa shape index (κ2) is 6.82. The minimum Gasteiger partial charge on any atom is -0.359 e. The van der Waals surface area contributed by atoms with Gasteiger partial charge in [0.1, 0.15) is 5.82 Å². The smallest absolute Gasteiger partial charge is 0.222 e.